The van der Waals surface area contributed by atoms with E-state index in [1.54, 1.807) is 11.8 Å². The third-order valence-corrected chi connectivity index (χ3v) is 5.88. The zero-order valence-corrected chi connectivity index (χ0v) is 16.2. The molecule has 0 saturated heterocycles. The molecule has 1 amide bonds. The molecule has 1 fully saturated rings. The molecule has 3 rings (SSSR count). The van der Waals surface area contributed by atoms with E-state index in [9.17, 15) is 4.79 Å². The number of tetrazole rings is 1. The number of hydrogen-bond acceptors (Lipinski definition) is 6. The number of benzene rings is 1. The van der Waals surface area contributed by atoms with Crippen LogP contribution in [0.3, 0.4) is 0 Å². The molecule has 0 aliphatic heterocycles. The van der Waals surface area contributed by atoms with Gasteiger partial charge in [-0.3, -0.25) is 4.79 Å². The number of amides is 1. The second-order valence-corrected chi connectivity index (χ2v) is 8.02. The molecule has 1 aromatic heterocycles. The fourth-order valence-corrected chi connectivity index (χ4v) is 4.00. The summed E-state index contributed by atoms with van der Waals surface area (Å²) in [6.45, 7) is 4.10. The van der Waals surface area contributed by atoms with Gasteiger partial charge in [0.1, 0.15) is 5.75 Å². The van der Waals surface area contributed by atoms with Gasteiger partial charge in [0.2, 0.25) is 11.1 Å². The van der Waals surface area contributed by atoms with Gasteiger partial charge in [-0.2, -0.15) is 4.68 Å². The molecule has 26 heavy (non-hydrogen) atoms. The van der Waals surface area contributed by atoms with Gasteiger partial charge < -0.3 is 10.1 Å². The molecule has 3 unspecified atom stereocenters. The van der Waals surface area contributed by atoms with Crippen LogP contribution in [0.4, 0.5) is 0 Å². The quantitative estimate of drug-likeness (QED) is 0.782. The number of methoxy groups -OCH3 is 1. The molecule has 0 bridgehead atoms. The van der Waals surface area contributed by atoms with E-state index >= 15 is 0 Å². The van der Waals surface area contributed by atoms with Crippen molar-refractivity contribution < 1.29 is 9.53 Å². The Labute approximate surface area is 157 Å². The first-order valence-electron chi connectivity index (χ1n) is 8.98. The molecule has 1 aliphatic rings. The summed E-state index contributed by atoms with van der Waals surface area (Å²) in [6, 6.07) is 7.75. The number of carbonyl (C=O) groups excluding carboxylic acids is 1. The number of ether oxygens (including phenoxy) is 1. The number of rotatable bonds is 6. The lowest BCUT2D eigenvalue weighted by Gasteiger charge is -2.30. The zero-order chi connectivity index (χ0) is 18.5. The molecule has 1 N–H and O–H groups in total. The minimum absolute atomic E-state index is 0.0398. The van der Waals surface area contributed by atoms with Crippen molar-refractivity contribution in [1.29, 1.82) is 0 Å². The topological polar surface area (TPSA) is 81.9 Å². The summed E-state index contributed by atoms with van der Waals surface area (Å²) in [4.78, 5) is 12.6. The summed E-state index contributed by atoms with van der Waals surface area (Å²) in [6.07, 6.45) is 4.69. The van der Waals surface area contributed by atoms with Crippen LogP contribution in [-0.4, -0.2) is 44.5 Å². The Balaban J connectivity index is 1.65. The van der Waals surface area contributed by atoms with Gasteiger partial charge in [-0.05, 0) is 60.4 Å². The van der Waals surface area contributed by atoms with Crippen molar-refractivity contribution in [2.24, 2.45) is 5.92 Å². The summed E-state index contributed by atoms with van der Waals surface area (Å²) in [7, 11) is 1.63. The average molecular weight is 375 g/mol. The lowest BCUT2D eigenvalue weighted by molar-refractivity contribution is -0.121. The van der Waals surface area contributed by atoms with Crippen molar-refractivity contribution in [3.05, 3.63) is 24.3 Å². The van der Waals surface area contributed by atoms with Crippen LogP contribution in [0.15, 0.2) is 29.4 Å². The van der Waals surface area contributed by atoms with E-state index < -0.39 is 0 Å². The molecule has 140 valence electrons. The normalized spacial score (nSPS) is 21.2. The average Bonchev–Trinajstić information content (AvgIpc) is 3.11. The van der Waals surface area contributed by atoms with Crippen LogP contribution in [0.2, 0.25) is 0 Å². The van der Waals surface area contributed by atoms with Crippen molar-refractivity contribution in [2.75, 3.05) is 7.11 Å². The third kappa shape index (κ3) is 4.35. The second kappa shape index (κ2) is 8.53. The molecule has 1 saturated carbocycles. The van der Waals surface area contributed by atoms with Gasteiger partial charge >= 0.3 is 0 Å². The molecule has 1 heterocycles. The first-order valence-corrected chi connectivity index (χ1v) is 9.86. The number of carbonyl (C=O) groups is 1. The molecule has 7 nitrogen and oxygen atoms in total. The summed E-state index contributed by atoms with van der Waals surface area (Å²) in [5, 5.41) is 15.4. The lowest BCUT2D eigenvalue weighted by atomic mass is 9.86. The molecule has 0 radical (unpaired) electrons. The fraction of sp³-hybridized carbons (Fsp3) is 0.556. The van der Waals surface area contributed by atoms with Crippen LogP contribution in [-0.2, 0) is 4.79 Å². The van der Waals surface area contributed by atoms with Crippen molar-refractivity contribution in [1.82, 2.24) is 25.5 Å². The second-order valence-electron chi connectivity index (χ2n) is 6.71. The van der Waals surface area contributed by atoms with Crippen molar-refractivity contribution >= 4 is 17.7 Å². The highest BCUT2D eigenvalue weighted by Crippen LogP contribution is 2.26. The van der Waals surface area contributed by atoms with Gasteiger partial charge in [0.15, 0.2) is 0 Å². The molecule has 3 atom stereocenters. The van der Waals surface area contributed by atoms with E-state index in [0.29, 0.717) is 11.1 Å². The Morgan fingerprint density at radius 2 is 2.04 bits per heavy atom. The maximum absolute atomic E-state index is 12.6. The van der Waals surface area contributed by atoms with E-state index in [4.69, 9.17) is 4.74 Å². The summed E-state index contributed by atoms with van der Waals surface area (Å²) in [5.41, 5.74) is 0.826. The van der Waals surface area contributed by atoms with Crippen LogP contribution < -0.4 is 10.1 Å². The number of thioether (sulfide) groups is 1. The molecule has 8 heteroatoms. The van der Waals surface area contributed by atoms with Crippen LogP contribution in [0.25, 0.3) is 5.69 Å². The van der Waals surface area contributed by atoms with Gasteiger partial charge in [0, 0.05) is 6.04 Å². The molecule has 0 spiro atoms. The van der Waals surface area contributed by atoms with E-state index in [0.717, 1.165) is 17.9 Å². The fourth-order valence-electron chi connectivity index (χ4n) is 3.18. The van der Waals surface area contributed by atoms with Crippen molar-refractivity contribution in [3.63, 3.8) is 0 Å². The number of nitrogens with one attached hydrogen (secondary N) is 1. The Morgan fingerprint density at radius 3 is 2.73 bits per heavy atom. The molecule has 2 aromatic rings. The SMILES string of the molecule is COc1ccc(-n2nnnc2SC(C)C(=O)NC2CCCCC2C)cc1. The van der Waals surface area contributed by atoms with Crippen LogP contribution in [0, 0.1) is 5.92 Å². The predicted molar refractivity (Wildman–Crippen MR) is 101 cm³/mol. The minimum atomic E-state index is -0.271. The maximum atomic E-state index is 12.6. The predicted octanol–water partition coefficient (Wildman–Crippen LogP) is 2.85. The largest absolute Gasteiger partial charge is 0.497 e. The monoisotopic (exact) mass is 375 g/mol. The minimum Gasteiger partial charge on any atom is -0.497 e. The first kappa shape index (κ1) is 18.7. The van der Waals surface area contributed by atoms with Gasteiger partial charge in [0.25, 0.3) is 0 Å². The van der Waals surface area contributed by atoms with Crippen LogP contribution >= 0.6 is 11.8 Å². The van der Waals surface area contributed by atoms with Gasteiger partial charge in [-0.25, -0.2) is 0 Å². The van der Waals surface area contributed by atoms with E-state index in [2.05, 4.69) is 27.8 Å². The molecule has 1 aliphatic carbocycles. The highest BCUT2D eigenvalue weighted by molar-refractivity contribution is 8.00. The Morgan fingerprint density at radius 1 is 1.31 bits per heavy atom. The van der Waals surface area contributed by atoms with Crippen LogP contribution in [0.1, 0.15) is 39.5 Å². The Kier molecular flexibility index (Phi) is 6.13. The summed E-state index contributed by atoms with van der Waals surface area (Å²) >= 11 is 1.36. The van der Waals surface area contributed by atoms with E-state index in [-0.39, 0.29) is 17.2 Å². The number of nitrogens with zero attached hydrogens (tertiary/aromatic N) is 4. The third-order valence-electron chi connectivity index (χ3n) is 4.85. The zero-order valence-electron chi connectivity index (χ0n) is 15.4. The molecular weight excluding hydrogens is 350 g/mol. The highest BCUT2D eigenvalue weighted by atomic mass is 32.2. The van der Waals surface area contributed by atoms with Gasteiger partial charge in [-0.15, -0.1) is 5.10 Å². The maximum Gasteiger partial charge on any atom is 0.233 e. The van der Waals surface area contributed by atoms with E-state index in [1.165, 1.54) is 31.0 Å². The Bertz CT molecular complexity index is 733. The van der Waals surface area contributed by atoms with Gasteiger partial charge in [-0.1, -0.05) is 31.5 Å². The summed E-state index contributed by atoms with van der Waals surface area (Å²) < 4.78 is 6.81. The smallest absolute Gasteiger partial charge is 0.233 e. The highest BCUT2D eigenvalue weighted by Gasteiger charge is 2.26. The molecule has 1 aromatic carbocycles. The number of hydrogen-bond donors (Lipinski definition) is 1. The van der Waals surface area contributed by atoms with Gasteiger partial charge in [0.05, 0.1) is 18.0 Å². The first-order chi connectivity index (χ1) is 12.6. The Hall–Kier alpha value is -2.09. The van der Waals surface area contributed by atoms with Crippen LogP contribution in [0.5, 0.6) is 5.75 Å². The number of aromatic nitrogens is 4. The van der Waals surface area contributed by atoms with Crippen molar-refractivity contribution in [3.8, 4) is 11.4 Å². The molecular formula is C18H25N5O2S. The van der Waals surface area contributed by atoms with Crippen molar-refractivity contribution in [2.45, 2.75) is 56.0 Å². The standard InChI is InChI=1S/C18H25N5O2S/c1-12-6-4-5-7-16(12)19-17(24)13(2)26-18-20-21-22-23(18)14-8-10-15(25-3)11-9-14/h8-13,16H,4-7H2,1-3H3,(H,19,24). The summed E-state index contributed by atoms with van der Waals surface area (Å²) in [5.74, 6) is 1.35. The lowest BCUT2D eigenvalue weighted by Crippen LogP contribution is -2.44. The van der Waals surface area contributed by atoms with E-state index in [1.807, 2.05) is 31.2 Å².